The van der Waals surface area contributed by atoms with Crippen molar-refractivity contribution in [2.75, 3.05) is 25.6 Å². The fourth-order valence-electron chi connectivity index (χ4n) is 0.701. The molecule has 0 aromatic heterocycles. The normalized spacial score (nSPS) is 12.6. The van der Waals surface area contributed by atoms with E-state index in [0.717, 1.165) is 5.75 Å². The van der Waals surface area contributed by atoms with Gasteiger partial charge >= 0.3 is 0 Å². The summed E-state index contributed by atoms with van der Waals surface area (Å²) in [6.07, 6.45) is 3.93. The molecule has 2 nitrogen and oxygen atoms in total. The first-order valence-corrected chi connectivity index (χ1v) is 5.17. The molecule has 3 heteroatoms. The van der Waals surface area contributed by atoms with E-state index in [-0.39, 0.29) is 5.60 Å². The molecule has 0 heterocycles. The molecule has 0 aliphatic carbocycles. The Morgan fingerprint density at radius 3 is 2.38 bits per heavy atom. The lowest BCUT2D eigenvalue weighted by Gasteiger charge is -2.19. The highest BCUT2D eigenvalue weighted by molar-refractivity contribution is 7.80. The van der Waals surface area contributed by atoms with Gasteiger partial charge in [-0.1, -0.05) is 12.2 Å². The van der Waals surface area contributed by atoms with E-state index in [1.165, 1.54) is 0 Å². The average Bonchev–Trinajstić information content (AvgIpc) is 2.01. The molecule has 0 rings (SSSR count). The molecule has 0 aromatic rings. The molecular weight excluding hydrogens is 184 g/mol. The van der Waals surface area contributed by atoms with E-state index in [1.54, 1.807) is 0 Å². The van der Waals surface area contributed by atoms with Crippen molar-refractivity contribution < 1.29 is 9.47 Å². The summed E-state index contributed by atoms with van der Waals surface area (Å²) in [6.45, 7) is 8.05. The van der Waals surface area contributed by atoms with Crippen LogP contribution in [0, 0.1) is 0 Å². The Bertz CT molecular complexity index is 138. The van der Waals surface area contributed by atoms with Crippen LogP contribution in [0.4, 0.5) is 0 Å². The minimum atomic E-state index is -0.0652. The van der Waals surface area contributed by atoms with E-state index >= 15 is 0 Å². The van der Waals surface area contributed by atoms with Crippen LogP contribution in [0.5, 0.6) is 0 Å². The van der Waals surface area contributed by atoms with Gasteiger partial charge in [0, 0.05) is 5.75 Å². The topological polar surface area (TPSA) is 18.5 Å². The van der Waals surface area contributed by atoms with Crippen molar-refractivity contribution in [3.63, 3.8) is 0 Å². The van der Waals surface area contributed by atoms with Gasteiger partial charge in [-0.3, -0.25) is 0 Å². The minimum Gasteiger partial charge on any atom is -0.375 e. The van der Waals surface area contributed by atoms with Gasteiger partial charge in [0.1, 0.15) is 0 Å². The van der Waals surface area contributed by atoms with Gasteiger partial charge in [0.2, 0.25) is 0 Å². The largest absolute Gasteiger partial charge is 0.375 e. The van der Waals surface area contributed by atoms with Crippen LogP contribution >= 0.6 is 12.6 Å². The first kappa shape index (κ1) is 13.0. The van der Waals surface area contributed by atoms with Crippen molar-refractivity contribution in [1.29, 1.82) is 0 Å². The molecule has 0 atom stereocenters. The number of rotatable bonds is 6. The maximum absolute atomic E-state index is 5.47. The Labute approximate surface area is 86.7 Å². The van der Waals surface area contributed by atoms with E-state index in [9.17, 15) is 0 Å². The molecule has 0 aliphatic rings. The Balaban J connectivity index is 3.13. The van der Waals surface area contributed by atoms with E-state index in [0.29, 0.717) is 19.8 Å². The van der Waals surface area contributed by atoms with Crippen molar-refractivity contribution in [3.8, 4) is 0 Å². The third kappa shape index (κ3) is 12.0. The van der Waals surface area contributed by atoms with Crippen LogP contribution in [-0.2, 0) is 9.47 Å². The van der Waals surface area contributed by atoms with Crippen molar-refractivity contribution in [3.05, 3.63) is 12.2 Å². The lowest BCUT2D eigenvalue weighted by molar-refractivity contribution is -0.0312. The molecule has 13 heavy (non-hydrogen) atoms. The first-order valence-electron chi connectivity index (χ1n) is 4.54. The number of hydrogen-bond donors (Lipinski definition) is 1. The van der Waals surface area contributed by atoms with Crippen LogP contribution in [0.3, 0.4) is 0 Å². The van der Waals surface area contributed by atoms with Crippen LogP contribution in [0.1, 0.15) is 20.8 Å². The van der Waals surface area contributed by atoms with Crippen molar-refractivity contribution in [1.82, 2.24) is 0 Å². The average molecular weight is 204 g/mol. The smallest absolute Gasteiger partial charge is 0.0707 e. The summed E-state index contributed by atoms with van der Waals surface area (Å²) in [5.74, 6) is 0.766. The molecular formula is C10H20O2S. The van der Waals surface area contributed by atoms with Gasteiger partial charge in [-0.15, -0.1) is 0 Å². The van der Waals surface area contributed by atoms with Gasteiger partial charge in [0.25, 0.3) is 0 Å². The Kier molecular flexibility index (Phi) is 7.42. The number of thiol groups is 1. The van der Waals surface area contributed by atoms with Crippen LogP contribution in [-0.4, -0.2) is 31.2 Å². The maximum atomic E-state index is 5.47. The summed E-state index contributed by atoms with van der Waals surface area (Å²) in [5.41, 5.74) is -0.0652. The van der Waals surface area contributed by atoms with E-state index in [1.807, 2.05) is 32.9 Å². The van der Waals surface area contributed by atoms with Gasteiger partial charge in [-0.2, -0.15) is 12.6 Å². The molecule has 78 valence electrons. The predicted molar refractivity (Wildman–Crippen MR) is 59.5 cm³/mol. The maximum Gasteiger partial charge on any atom is 0.0707 e. The lowest BCUT2D eigenvalue weighted by Crippen LogP contribution is -2.21. The van der Waals surface area contributed by atoms with Gasteiger partial charge in [0.15, 0.2) is 0 Å². The van der Waals surface area contributed by atoms with Crippen LogP contribution < -0.4 is 0 Å². The molecule has 0 radical (unpaired) electrons. The fourth-order valence-corrected chi connectivity index (χ4v) is 0.850. The van der Waals surface area contributed by atoms with Crippen LogP contribution in [0.15, 0.2) is 12.2 Å². The second-order valence-electron chi connectivity index (χ2n) is 3.69. The van der Waals surface area contributed by atoms with Crippen molar-refractivity contribution in [2.24, 2.45) is 0 Å². The monoisotopic (exact) mass is 204 g/mol. The molecule has 0 saturated carbocycles. The summed E-state index contributed by atoms with van der Waals surface area (Å²) >= 11 is 4.03. The third-order valence-corrected chi connectivity index (χ3v) is 1.46. The molecule has 0 amide bonds. The zero-order chi connectivity index (χ0) is 10.2. The predicted octanol–water partition coefficient (Wildman–Crippen LogP) is 2.30. The van der Waals surface area contributed by atoms with Gasteiger partial charge < -0.3 is 9.47 Å². The highest BCUT2D eigenvalue weighted by Crippen LogP contribution is 2.05. The molecule has 0 aromatic carbocycles. The van der Waals surface area contributed by atoms with Crippen molar-refractivity contribution >= 4 is 12.6 Å². The Morgan fingerprint density at radius 2 is 1.85 bits per heavy atom. The van der Waals surface area contributed by atoms with Gasteiger partial charge in [-0.25, -0.2) is 0 Å². The highest BCUT2D eigenvalue weighted by Gasteiger charge is 2.08. The van der Waals surface area contributed by atoms with Gasteiger partial charge in [-0.05, 0) is 20.8 Å². The van der Waals surface area contributed by atoms with E-state index in [4.69, 9.17) is 9.47 Å². The standard InChI is InChI=1S/C10H20O2S/c1-10(2,3)12-8-7-11-6-4-5-9-13/h4-5,13H,6-9H2,1-3H3/b5-4+. The Hall–Kier alpha value is 0.01000. The lowest BCUT2D eigenvalue weighted by atomic mass is 10.2. The van der Waals surface area contributed by atoms with E-state index < -0.39 is 0 Å². The zero-order valence-corrected chi connectivity index (χ0v) is 9.64. The molecule has 0 aliphatic heterocycles. The number of ether oxygens (including phenoxy) is 2. The van der Waals surface area contributed by atoms with Crippen molar-refractivity contribution in [2.45, 2.75) is 26.4 Å². The van der Waals surface area contributed by atoms with E-state index in [2.05, 4.69) is 12.6 Å². The molecule has 0 bridgehead atoms. The Morgan fingerprint density at radius 1 is 1.15 bits per heavy atom. The van der Waals surface area contributed by atoms with Crippen LogP contribution in [0.2, 0.25) is 0 Å². The first-order chi connectivity index (χ1) is 6.06. The van der Waals surface area contributed by atoms with Crippen LogP contribution in [0.25, 0.3) is 0 Å². The second-order valence-corrected chi connectivity index (χ2v) is 4.05. The molecule has 0 spiro atoms. The number of hydrogen-bond acceptors (Lipinski definition) is 3. The molecule has 0 fully saturated rings. The molecule has 0 unspecified atom stereocenters. The summed E-state index contributed by atoms with van der Waals surface area (Å²) in [5, 5.41) is 0. The fraction of sp³-hybridized carbons (Fsp3) is 0.800. The summed E-state index contributed by atoms with van der Waals surface area (Å²) in [7, 11) is 0. The summed E-state index contributed by atoms with van der Waals surface area (Å²) < 4.78 is 10.8. The minimum absolute atomic E-state index is 0.0652. The summed E-state index contributed by atoms with van der Waals surface area (Å²) in [4.78, 5) is 0. The molecule has 0 N–H and O–H groups in total. The van der Waals surface area contributed by atoms with Gasteiger partial charge in [0.05, 0.1) is 25.4 Å². The SMILES string of the molecule is CC(C)(C)OCCOC/C=C/CS. The molecule has 0 saturated heterocycles. The summed E-state index contributed by atoms with van der Waals surface area (Å²) in [6, 6.07) is 0. The highest BCUT2D eigenvalue weighted by atomic mass is 32.1. The zero-order valence-electron chi connectivity index (χ0n) is 8.75. The third-order valence-electron chi connectivity index (χ3n) is 1.25. The second kappa shape index (κ2) is 7.42. The quantitative estimate of drug-likeness (QED) is 0.406.